The lowest BCUT2D eigenvalue weighted by atomic mass is 9.92. The highest BCUT2D eigenvalue weighted by Gasteiger charge is 2.40. The van der Waals surface area contributed by atoms with Gasteiger partial charge in [-0.2, -0.15) is 5.10 Å². The molecular weight excluding hydrogens is 471 g/mol. The number of halogens is 1. The first-order valence-electron chi connectivity index (χ1n) is 13.1. The SMILES string of the molecule is COC(=O)N1c2ccc(-c3cnn(C4CC5CN(C)CC5C4)c3)c(Oc3ccc(F)cc3)c2CCC1C. The highest BCUT2D eigenvalue weighted by atomic mass is 19.1. The Hall–Kier alpha value is -3.39. The number of fused-ring (bicyclic) bond motifs is 2. The van der Waals surface area contributed by atoms with Crippen LogP contribution in [0.15, 0.2) is 48.8 Å². The minimum Gasteiger partial charge on any atom is -0.456 e. The summed E-state index contributed by atoms with van der Waals surface area (Å²) in [4.78, 5) is 16.8. The van der Waals surface area contributed by atoms with E-state index in [4.69, 9.17) is 14.6 Å². The number of carbonyl (C=O) groups excluding carboxylic acids is 1. The minimum atomic E-state index is -0.390. The van der Waals surface area contributed by atoms with E-state index < -0.39 is 0 Å². The van der Waals surface area contributed by atoms with E-state index >= 15 is 0 Å². The third kappa shape index (κ3) is 4.37. The van der Waals surface area contributed by atoms with Gasteiger partial charge in [0.05, 0.1) is 25.0 Å². The summed E-state index contributed by atoms with van der Waals surface area (Å²) in [6.45, 7) is 4.36. The summed E-state index contributed by atoms with van der Waals surface area (Å²) >= 11 is 0. The van der Waals surface area contributed by atoms with Gasteiger partial charge in [-0.1, -0.05) is 0 Å². The summed E-state index contributed by atoms with van der Waals surface area (Å²) in [6, 6.07) is 10.4. The lowest BCUT2D eigenvalue weighted by molar-refractivity contribution is 0.175. The monoisotopic (exact) mass is 504 g/mol. The number of amides is 1. The van der Waals surface area contributed by atoms with Crippen molar-refractivity contribution in [3.63, 3.8) is 0 Å². The Morgan fingerprint density at radius 1 is 1.08 bits per heavy atom. The number of methoxy groups -OCH3 is 1. The second-order valence-corrected chi connectivity index (χ2v) is 10.8. The Labute approximate surface area is 216 Å². The number of hydrogen-bond acceptors (Lipinski definition) is 5. The van der Waals surface area contributed by atoms with Crippen molar-refractivity contribution in [2.45, 2.75) is 44.7 Å². The molecule has 3 aromatic rings. The molecule has 1 saturated carbocycles. The number of hydrogen-bond donors (Lipinski definition) is 0. The van der Waals surface area contributed by atoms with Crippen LogP contribution in [0.3, 0.4) is 0 Å². The molecular formula is C29H33FN4O3. The van der Waals surface area contributed by atoms with E-state index in [2.05, 4.69) is 22.8 Å². The van der Waals surface area contributed by atoms with E-state index in [-0.39, 0.29) is 18.0 Å². The third-order valence-electron chi connectivity index (χ3n) is 8.35. The van der Waals surface area contributed by atoms with Gasteiger partial charge >= 0.3 is 6.09 Å². The average Bonchev–Trinajstić information content (AvgIpc) is 3.60. The van der Waals surface area contributed by atoms with E-state index in [1.54, 1.807) is 17.0 Å². The molecule has 3 aliphatic rings. The van der Waals surface area contributed by atoms with Crippen molar-refractivity contribution < 1.29 is 18.7 Å². The first-order valence-corrected chi connectivity index (χ1v) is 13.1. The molecule has 2 aliphatic heterocycles. The van der Waals surface area contributed by atoms with E-state index in [1.807, 2.05) is 25.3 Å². The molecule has 3 atom stereocenters. The van der Waals surface area contributed by atoms with Gasteiger partial charge in [0, 0.05) is 42.0 Å². The molecule has 1 aromatic heterocycles. The van der Waals surface area contributed by atoms with Gasteiger partial charge in [0.25, 0.3) is 0 Å². The highest BCUT2D eigenvalue weighted by molar-refractivity contribution is 5.92. The van der Waals surface area contributed by atoms with Crippen molar-refractivity contribution in [2.24, 2.45) is 11.8 Å². The molecule has 8 heteroatoms. The molecule has 2 fully saturated rings. The number of benzene rings is 2. The van der Waals surface area contributed by atoms with Crippen LogP contribution in [0.2, 0.25) is 0 Å². The lowest BCUT2D eigenvalue weighted by Gasteiger charge is -2.35. The predicted molar refractivity (Wildman–Crippen MR) is 140 cm³/mol. The number of anilines is 1. The van der Waals surface area contributed by atoms with E-state index in [0.717, 1.165) is 59.9 Å². The molecule has 0 radical (unpaired) electrons. The first-order chi connectivity index (χ1) is 17.9. The number of carbonyl (C=O) groups is 1. The second kappa shape index (κ2) is 9.49. The molecule has 2 aromatic carbocycles. The number of likely N-dealkylation sites (tertiary alicyclic amines) is 1. The molecule has 0 spiro atoms. The normalized spacial score (nSPS) is 25.1. The number of ether oxygens (including phenoxy) is 2. The van der Waals surface area contributed by atoms with Gasteiger partial charge in [-0.05, 0) is 87.9 Å². The zero-order valence-electron chi connectivity index (χ0n) is 21.6. The second-order valence-electron chi connectivity index (χ2n) is 10.8. The topological polar surface area (TPSA) is 59.8 Å². The lowest BCUT2D eigenvalue weighted by Crippen LogP contribution is -2.42. The summed E-state index contributed by atoms with van der Waals surface area (Å²) in [6.07, 6.45) is 7.49. The standard InChI is InChI=1S/C29H33FN4O3/c1-18-4-9-26-27(34(18)29(35)36-3)11-10-25(28(26)37-24-7-5-22(30)6-8-24)21-14-31-33(17-21)23-12-19-15-32(2)16-20(19)13-23/h5-8,10-11,14,17-20,23H,4,9,12-13,15-16H2,1-3H3. The number of aromatic nitrogens is 2. The molecule has 6 rings (SSSR count). The van der Waals surface area contributed by atoms with Crippen molar-refractivity contribution in [1.82, 2.24) is 14.7 Å². The van der Waals surface area contributed by atoms with Gasteiger partial charge in [0.1, 0.15) is 17.3 Å². The Morgan fingerprint density at radius 3 is 2.51 bits per heavy atom. The van der Waals surface area contributed by atoms with E-state index in [1.165, 1.54) is 32.3 Å². The summed E-state index contributed by atoms with van der Waals surface area (Å²) in [7, 11) is 3.61. The number of nitrogens with zero attached hydrogens (tertiary/aromatic N) is 4. The largest absolute Gasteiger partial charge is 0.456 e. The maximum atomic E-state index is 13.6. The molecule has 0 bridgehead atoms. The fourth-order valence-electron chi connectivity index (χ4n) is 6.54. The van der Waals surface area contributed by atoms with Crippen LogP contribution in [0.25, 0.3) is 11.1 Å². The summed E-state index contributed by atoms with van der Waals surface area (Å²) < 4.78 is 27.2. The van der Waals surface area contributed by atoms with Crippen LogP contribution >= 0.6 is 0 Å². The third-order valence-corrected chi connectivity index (χ3v) is 8.35. The maximum absolute atomic E-state index is 13.6. The average molecular weight is 505 g/mol. The quantitative estimate of drug-likeness (QED) is 0.443. The summed E-state index contributed by atoms with van der Waals surface area (Å²) in [5.41, 5.74) is 3.60. The van der Waals surface area contributed by atoms with Gasteiger partial charge < -0.3 is 14.4 Å². The molecule has 0 N–H and O–H groups in total. The van der Waals surface area contributed by atoms with E-state index in [9.17, 15) is 9.18 Å². The molecule has 7 nitrogen and oxygen atoms in total. The van der Waals surface area contributed by atoms with Crippen LogP contribution < -0.4 is 9.64 Å². The zero-order valence-corrected chi connectivity index (χ0v) is 21.6. The minimum absolute atomic E-state index is 0.00749. The van der Waals surface area contributed by atoms with Crippen LogP contribution in [0.4, 0.5) is 14.9 Å². The summed E-state index contributed by atoms with van der Waals surface area (Å²) in [5.74, 6) is 2.39. The van der Waals surface area contributed by atoms with Crippen molar-refractivity contribution >= 4 is 11.8 Å². The molecule has 3 heterocycles. The van der Waals surface area contributed by atoms with Crippen LogP contribution in [-0.4, -0.2) is 54.1 Å². The Morgan fingerprint density at radius 2 is 1.81 bits per heavy atom. The fraction of sp³-hybridized carbons (Fsp3) is 0.448. The van der Waals surface area contributed by atoms with Crippen molar-refractivity contribution in [1.29, 1.82) is 0 Å². The molecule has 1 amide bonds. The van der Waals surface area contributed by atoms with Crippen LogP contribution in [0.1, 0.15) is 37.8 Å². The number of rotatable bonds is 4. The zero-order chi connectivity index (χ0) is 25.7. The van der Waals surface area contributed by atoms with Gasteiger partial charge in [0.2, 0.25) is 0 Å². The summed E-state index contributed by atoms with van der Waals surface area (Å²) in [5, 5.41) is 4.77. The van der Waals surface area contributed by atoms with Gasteiger partial charge in [0.15, 0.2) is 0 Å². The smallest absolute Gasteiger partial charge is 0.414 e. The molecule has 3 unspecified atom stereocenters. The van der Waals surface area contributed by atoms with Gasteiger partial charge in [-0.3, -0.25) is 9.58 Å². The fourth-order valence-corrected chi connectivity index (χ4v) is 6.54. The van der Waals surface area contributed by atoms with Gasteiger partial charge in [-0.15, -0.1) is 0 Å². The maximum Gasteiger partial charge on any atom is 0.414 e. The van der Waals surface area contributed by atoms with Crippen molar-refractivity contribution in [2.75, 3.05) is 32.1 Å². The van der Waals surface area contributed by atoms with E-state index in [0.29, 0.717) is 17.5 Å². The Bertz CT molecular complexity index is 1290. The predicted octanol–water partition coefficient (Wildman–Crippen LogP) is 5.90. The highest BCUT2D eigenvalue weighted by Crippen LogP contribution is 2.46. The van der Waals surface area contributed by atoms with Crippen LogP contribution in [0, 0.1) is 17.7 Å². The Balaban J connectivity index is 1.38. The van der Waals surface area contributed by atoms with Crippen LogP contribution in [0.5, 0.6) is 11.5 Å². The van der Waals surface area contributed by atoms with Crippen molar-refractivity contribution in [3.8, 4) is 22.6 Å². The van der Waals surface area contributed by atoms with Crippen molar-refractivity contribution in [3.05, 3.63) is 60.2 Å². The molecule has 194 valence electrons. The molecule has 1 saturated heterocycles. The first kappa shape index (κ1) is 24.0. The molecule has 37 heavy (non-hydrogen) atoms. The van der Waals surface area contributed by atoms with Gasteiger partial charge in [-0.25, -0.2) is 9.18 Å². The molecule has 1 aliphatic carbocycles. The Kier molecular flexibility index (Phi) is 6.15. The van der Waals surface area contributed by atoms with Crippen LogP contribution in [-0.2, 0) is 11.2 Å².